The fraction of sp³-hybridized carbons (Fsp3) is 0.421. The zero-order chi connectivity index (χ0) is 16.5. The Kier molecular flexibility index (Phi) is 3.92. The van der Waals surface area contributed by atoms with Gasteiger partial charge in [0.25, 0.3) is 0 Å². The summed E-state index contributed by atoms with van der Waals surface area (Å²) in [5, 5.41) is 3.09. The Morgan fingerprint density at radius 1 is 1.21 bits per heavy atom. The minimum Gasteiger partial charge on any atom is -0.367 e. The smallest absolute Gasteiger partial charge is 0.317 e. The van der Waals surface area contributed by atoms with E-state index in [2.05, 4.69) is 58.2 Å². The van der Waals surface area contributed by atoms with Gasteiger partial charge in [-0.05, 0) is 37.1 Å². The molecule has 1 atom stereocenters. The van der Waals surface area contributed by atoms with Crippen molar-refractivity contribution in [3.05, 3.63) is 53.9 Å². The van der Waals surface area contributed by atoms with E-state index in [0.717, 1.165) is 26.1 Å². The van der Waals surface area contributed by atoms with Crippen molar-refractivity contribution in [2.24, 2.45) is 0 Å². The summed E-state index contributed by atoms with van der Waals surface area (Å²) in [5.74, 6) is 0. The normalized spacial score (nSPS) is 19.1. The Labute approximate surface area is 142 Å². The van der Waals surface area contributed by atoms with Gasteiger partial charge in [0.15, 0.2) is 0 Å². The van der Waals surface area contributed by atoms with Crippen LogP contribution in [-0.2, 0) is 19.5 Å². The van der Waals surface area contributed by atoms with Crippen LogP contribution in [0, 0.1) is 0 Å². The topological polar surface area (TPSA) is 40.5 Å². The Balaban J connectivity index is 1.31. The molecule has 0 radical (unpaired) electrons. The first-order valence-corrected chi connectivity index (χ1v) is 8.74. The number of carbonyl (C=O) groups excluding carboxylic acids is 1. The quantitative estimate of drug-likeness (QED) is 0.942. The molecule has 1 aromatic heterocycles. The SMILES string of the molecule is CC1Cc2ccccc2N1CCNC(=O)N1CCn2cccc2C1. The molecule has 0 spiro atoms. The molecule has 24 heavy (non-hydrogen) atoms. The molecule has 1 unspecified atom stereocenters. The lowest BCUT2D eigenvalue weighted by molar-refractivity contribution is 0.184. The maximum Gasteiger partial charge on any atom is 0.317 e. The zero-order valence-corrected chi connectivity index (χ0v) is 14.1. The van der Waals surface area contributed by atoms with E-state index in [0.29, 0.717) is 19.1 Å². The molecule has 5 nitrogen and oxygen atoms in total. The third-order valence-electron chi connectivity index (χ3n) is 5.15. The molecule has 5 heteroatoms. The van der Waals surface area contributed by atoms with E-state index >= 15 is 0 Å². The van der Waals surface area contributed by atoms with Gasteiger partial charge < -0.3 is 19.7 Å². The highest BCUT2D eigenvalue weighted by molar-refractivity contribution is 5.74. The number of fused-ring (bicyclic) bond motifs is 2. The van der Waals surface area contributed by atoms with Gasteiger partial charge in [0.2, 0.25) is 0 Å². The second kappa shape index (κ2) is 6.23. The minimum absolute atomic E-state index is 0.0441. The number of para-hydroxylation sites is 1. The van der Waals surface area contributed by atoms with E-state index in [1.54, 1.807) is 0 Å². The largest absolute Gasteiger partial charge is 0.367 e. The van der Waals surface area contributed by atoms with Crippen LogP contribution in [0.25, 0.3) is 0 Å². The molecule has 3 heterocycles. The number of amides is 2. The maximum absolute atomic E-state index is 12.4. The maximum atomic E-state index is 12.4. The lowest BCUT2D eigenvalue weighted by atomic mass is 10.1. The summed E-state index contributed by atoms with van der Waals surface area (Å²) in [6.07, 6.45) is 3.17. The Hall–Kier alpha value is -2.43. The van der Waals surface area contributed by atoms with Crippen LogP contribution < -0.4 is 10.2 Å². The number of rotatable bonds is 3. The summed E-state index contributed by atoms with van der Waals surface area (Å²) < 4.78 is 2.21. The first-order chi connectivity index (χ1) is 11.7. The van der Waals surface area contributed by atoms with Gasteiger partial charge in [0.05, 0.1) is 6.54 Å². The number of aromatic nitrogens is 1. The molecule has 1 aromatic carbocycles. The first kappa shape index (κ1) is 15.1. The molecule has 126 valence electrons. The molecule has 0 aliphatic carbocycles. The molecule has 0 bridgehead atoms. The highest BCUT2D eigenvalue weighted by Gasteiger charge is 2.25. The van der Waals surface area contributed by atoms with Crippen LogP contribution in [0.4, 0.5) is 10.5 Å². The van der Waals surface area contributed by atoms with E-state index in [1.165, 1.54) is 16.9 Å². The van der Waals surface area contributed by atoms with Crippen LogP contribution in [0.1, 0.15) is 18.2 Å². The Bertz CT molecular complexity index is 738. The van der Waals surface area contributed by atoms with Crippen molar-refractivity contribution in [3.63, 3.8) is 0 Å². The van der Waals surface area contributed by atoms with Crippen molar-refractivity contribution >= 4 is 11.7 Å². The van der Waals surface area contributed by atoms with Crippen molar-refractivity contribution in [1.29, 1.82) is 0 Å². The fourth-order valence-corrected chi connectivity index (χ4v) is 3.85. The summed E-state index contributed by atoms with van der Waals surface area (Å²) in [6, 6.07) is 13.2. The Morgan fingerprint density at radius 3 is 3.00 bits per heavy atom. The summed E-state index contributed by atoms with van der Waals surface area (Å²) in [7, 11) is 0. The molecule has 2 aliphatic rings. The van der Waals surface area contributed by atoms with Crippen molar-refractivity contribution in [2.75, 3.05) is 24.5 Å². The second-order valence-electron chi connectivity index (χ2n) is 6.72. The molecule has 2 amide bonds. The van der Waals surface area contributed by atoms with Gasteiger partial charge >= 0.3 is 6.03 Å². The van der Waals surface area contributed by atoms with Crippen molar-refractivity contribution < 1.29 is 4.79 Å². The fourth-order valence-electron chi connectivity index (χ4n) is 3.85. The van der Waals surface area contributed by atoms with E-state index in [1.807, 2.05) is 11.0 Å². The zero-order valence-electron chi connectivity index (χ0n) is 14.1. The monoisotopic (exact) mass is 324 g/mol. The summed E-state index contributed by atoms with van der Waals surface area (Å²) in [5.41, 5.74) is 3.93. The van der Waals surface area contributed by atoms with Gasteiger partial charge in [-0.15, -0.1) is 0 Å². The number of nitrogens with zero attached hydrogens (tertiary/aromatic N) is 3. The number of nitrogens with one attached hydrogen (secondary N) is 1. The first-order valence-electron chi connectivity index (χ1n) is 8.74. The summed E-state index contributed by atoms with van der Waals surface area (Å²) >= 11 is 0. The molecule has 0 saturated carbocycles. The number of benzene rings is 1. The van der Waals surface area contributed by atoms with Gasteiger partial charge in [-0.1, -0.05) is 18.2 Å². The third kappa shape index (κ3) is 2.75. The van der Waals surface area contributed by atoms with Crippen molar-refractivity contribution in [1.82, 2.24) is 14.8 Å². The van der Waals surface area contributed by atoms with Crippen LogP contribution in [0.15, 0.2) is 42.6 Å². The lowest BCUT2D eigenvalue weighted by Gasteiger charge is -2.30. The van der Waals surface area contributed by atoms with Gasteiger partial charge in [-0.2, -0.15) is 0 Å². The van der Waals surface area contributed by atoms with Crippen LogP contribution in [-0.4, -0.2) is 41.2 Å². The number of hydrogen-bond acceptors (Lipinski definition) is 2. The van der Waals surface area contributed by atoms with Gasteiger partial charge in [0.1, 0.15) is 0 Å². The lowest BCUT2D eigenvalue weighted by Crippen LogP contribution is -2.46. The summed E-state index contributed by atoms with van der Waals surface area (Å²) in [6.45, 7) is 6.13. The van der Waals surface area contributed by atoms with Crippen LogP contribution >= 0.6 is 0 Å². The molecular formula is C19H24N4O. The van der Waals surface area contributed by atoms with E-state index < -0.39 is 0 Å². The van der Waals surface area contributed by atoms with E-state index in [-0.39, 0.29) is 6.03 Å². The highest BCUT2D eigenvalue weighted by Crippen LogP contribution is 2.31. The van der Waals surface area contributed by atoms with Crippen LogP contribution in [0.5, 0.6) is 0 Å². The number of anilines is 1. The van der Waals surface area contributed by atoms with Crippen molar-refractivity contribution in [2.45, 2.75) is 32.5 Å². The molecule has 1 N–H and O–H groups in total. The number of urea groups is 1. The molecule has 2 aromatic rings. The third-order valence-corrected chi connectivity index (χ3v) is 5.15. The van der Waals surface area contributed by atoms with Crippen LogP contribution in [0.3, 0.4) is 0 Å². The van der Waals surface area contributed by atoms with Gasteiger partial charge in [-0.3, -0.25) is 0 Å². The Morgan fingerprint density at radius 2 is 2.08 bits per heavy atom. The minimum atomic E-state index is 0.0441. The highest BCUT2D eigenvalue weighted by atomic mass is 16.2. The van der Waals surface area contributed by atoms with Crippen molar-refractivity contribution in [3.8, 4) is 0 Å². The summed E-state index contributed by atoms with van der Waals surface area (Å²) in [4.78, 5) is 16.7. The number of hydrogen-bond donors (Lipinski definition) is 1. The predicted molar refractivity (Wildman–Crippen MR) is 95.2 cm³/mol. The molecule has 4 rings (SSSR count). The molecule has 2 aliphatic heterocycles. The predicted octanol–water partition coefficient (Wildman–Crippen LogP) is 2.46. The van der Waals surface area contributed by atoms with E-state index in [4.69, 9.17) is 0 Å². The number of carbonyl (C=O) groups is 1. The molecule has 0 saturated heterocycles. The molecular weight excluding hydrogens is 300 g/mol. The van der Waals surface area contributed by atoms with Crippen LogP contribution in [0.2, 0.25) is 0 Å². The van der Waals surface area contributed by atoms with E-state index in [9.17, 15) is 4.79 Å². The molecule has 0 fully saturated rings. The standard InChI is InChI=1S/C19H24N4O/c1-15-13-16-5-2-3-7-18(16)23(15)10-8-20-19(24)22-12-11-21-9-4-6-17(21)14-22/h2-7,9,15H,8,10-14H2,1H3,(H,20,24). The van der Waals surface area contributed by atoms with Gasteiger partial charge in [0, 0.05) is 49.8 Å². The average molecular weight is 324 g/mol. The van der Waals surface area contributed by atoms with Gasteiger partial charge in [-0.25, -0.2) is 4.79 Å². The second-order valence-corrected chi connectivity index (χ2v) is 6.72. The average Bonchev–Trinajstić information content (AvgIpc) is 3.18.